The lowest BCUT2D eigenvalue weighted by Gasteiger charge is -2.20. The maximum atomic E-state index is 4.53. The maximum Gasteiger partial charge on any atom is 0.126 e. The largest absolute Gasteiger partial charge is 0.370 e. The third kappa shape index (κ3) is 3.88. The average Bonchev–Trinajstić information content (AvgIpc) is 2.18. The predicted molar refractivity (Wildman–Crippen MR) is 65.0 cm³/mol. The molecule has 3 heteroatoms. The van der Waals surface area contributed by atoms with E-state index in [4.69, 9.17) is 0 Å². The van der Waals surface area contributed by atoms with Crippen LogP contribution >= 0.6 is 0 Å². The van der Waals surface area contributed by atoms with Gasteiger partial charge >= 0.3 is 0 Å². The maximum absolute atomic E-state index is 4.53. The molecule has 0 radical (unpaired) electrons. The van der Waals surface area contributed by atoms with Crippen LogP contribution in [0.5, 0.6) is 0 Å². The molecule has 0 aliphatic carbocycles. The first-order valence-electron chi connectivity index (χ1n) is 5.53. The molecule has 0 aromatic carbocycles. The van der Waals surface area contributed by atoms with Crippen molar-refractivity contribution in [3.63, 3.8) is 0 Å². The van der Waals surface area contributed by atoms with Crippen LogP contribution in [-0.4, -0.2) is 29.5 Å². The van der Waals surface area contributed by atoms with Gasteiger partial charge in [-0.15, -0.1) is 0 Å². The van der Waals surface area contributed by atoms with E-state index in [1.54, 1.807) is 0 Å². The summed E-state index contributed by atoms with van der Waals surface area (Å²) in [5.41, 5.74) is 1.12. The normalized spacial score (nSPS) is 11.1. The van der Waals surface area contributed by atoms with Crippen LogP contribution in [0.1, 0.15) is 26.5 Å². The minimum absolute atomic E-state index is 0.551. The number of rotatable bonds is 5. The van der Waals surface area contributed by atoms with Crippen LogP contribution in [0.15, 0.2) is 18.2 Å². The molecule has 0 amide bonds. The number of nitrogens with zero attached hydrogens (tertiary/aromatic N) is 2. The lowest BCUT2D eigenvalue weighted by Crippen LogP contribution is -2.26. The minimum Gasteiger partial charge on any atom is -0.370 e. The Labute approximate surface area is 92.5 Å². The number of nitrogens with one attached hydrogen (secondary N) is 1. The summed E-state index contributed by atoms with van der Waals surface area (Å²) in [5, 5.41) is 3.22. The highest BCUT2D eigenvalue weighted by molar-refractivity contribution is 5.34. The molecular formula is C12H21N3. The number of aromatic nitrogens is 1. The summed E-state index contributed by atoms with van der Waals surface area (Å²) >= 11 is 0. The van der Waals surface area contributed by atoms with Gasteiger partial charge in [-0.1, -0.05) is 6.07 Å². The van der Waals surface area contributed by atoms with E-state index in [0.29, 0.717) is 6.04 Å². The van der Waals surface area contributed by atoms with Crippen molar-refractivity contribution < 1.29 is 0 Å². The van der Waals surface area contributed by atoms with Crippen LogP contribution in [0.25, 0.3) is 0 Å². The van der Waals surface area contributed by atoms with E-state index in [0.717, 1.165) is 24.6 Å². The van der Waals surface area contributed by atoms with Crippen LogP contribution < -0.4 is 5.32 Å². The van der Waals surface area contributed by atoms with Gasteiger partial charge in [-0.05, 0) is 40.0 Å². The highest BCUT2D eigenvalue weighted by Gasteiger charge is 2.05. The zero-order valence-corrected chi connectivity index (χ0v) is 10.1. The van der Waals surface area contributed by atoms with E-state index in [1.165, 1.54) is 0 Å². The SMILES string of the molecule is CCNc1cccc(CN(C)C(C)C)n1. The molecule has 0 unspecified atom stereocenters. The Morgan fingerprint density at radius 1 is 1.40 bits per heavy atom. The quantitative estimate of drug-likeness (QED) is 0.803. The molecule has 1 rings (SSSR count). The van der Waals surface area contributed by atoms with Crippen molar-refractivity contribution in [2.24, 2.45) is 0 Å². The van der Waals surface area contributed by atoms with Gasteiger partial charge in [0, 0.05) is 19.1 Å². The monoisotopic (exact) mass is 207 g/mol. The number of anilines is 1. The summed E-state index contributed by atoms with van der Waals surface area (Å²) in [7, 11) is 2.12. The Hall–Kier alpha value is -1.09. The zero-order valence-electron chi connectivity index (χ0n) is 10.1. The van der Waals surface area contributed by atoms with Gasteiger partial charge < -0.3 is 5.32 Å². The molecule has 0 atom stereocenters. The molecule has 0 bridgehead atoms. The Morgan fingerprint density at radius 3 is 2.73 bits per heavy atom. The van der Waals surface area contributed by atoms with Gasteiger partial charge in [0.2, 0.25) is 0 Å². The first-order chi connectivity index (χ1) is 7.13. The number of hydrogen-bond acceptors (Lipinski definition) is 3. The lowest BCUT2D eigenvalue weighted by atomic mass is 10.3. The molecule has 0 fully saturated rings. The van der Waals surface area contributed by atoms with Crippen molar-refractivity contribution in [1.82, 2.24) is 9.88 Å². The van der Waals surface area contributed by atoms with Crippen molar-refractivity contribution in [2.45, 2.75) is 33.4 Å². The van der Waals surface area contributed by atoms with E-state index in [1.807, 2.05) is 6.07 Å². The molecule has 0 saturated heterocycles. The second-order valence-electron chi connectivity index (χ2n) is 4.05. The second-order valence-corrected chi connectivity index (χ2v) is 4.05. The van der Waals surface area contributed by atoms with Crippen molar-refractivity contribution >= 4 is 5.82 Å². The third-order valence-electron chi connectivity index (χ3n) is 2.46. The van der Waals surface area contributed by atoms with Crippen LogP contribution in [0.4, 0.5) is 5.82 Å². The molecule has 1 heterocycles. The van der Waals surface area contributed by atoms with Gasteiger partial charge in [0.15, 0.2) is 0 Å². The molecule has 1 aromatic rings. The van der Waals surface area contributed by atoms with Gasteiger partial charge in [-0.3, -0.25) is 4.90 Å². The zero-order chi connectivity index (χ0) is 11.3. The fourth-order valence-corrected chi connectivity index (χ4v) is 1.29. The summed E-state index contributed by atoms with van der Waals surface area (Å²) in [6.07, 6.45) is 0. The van der Waals surface area contributed by atoms with Crippen molar-refractivity contribution in [2.75, 3.05) is 18.9 Å². The van der Waals surface area contributed by atoms with Crippen molar-refractivity contribution in [1.29, 1.82) is 0 Å². The molecular weight excluding hydrogens is 186 g/mol. The second kappa shape index (κ2) is 5.71. The summed E-state index contributed by atoms with van der Waals surface area (Å²) in [6.45, 7) is 8.27. The Balaban J connectivity index is 2.64. The average molecular weight is 207 g/mol. The molecule has 0 aliphatic heterocycles. The molecule has 3 nitrogen and oxygen atoms in total. The Morgan fingerprint density at radius 2 is 2.13 bits per heavy atom. The van der Waals surface area contributed by atoms with Gasteiger partial charge in [0.05, 0.1) is 5.69 Å². The summed E-state index contributed by atoms with van der Waals surface area (Å²) < 4.78 is 0. The molecule has 15 heavy (non-hydrogen) atoms. The van der Waals surface area contributed by atoms with Crippen LogP contribution in [0.2, 0.25) is 0 Å². The van der Waals surface area contributed by atoms with Crippen LogP contribution in [0.3, 0.4) is 0 Å². The fourth-order valence-electron chi connectivity index (χ4n) is 1.29. The molecule has 1 aromatic heterocycles. The topological polar surface area (TPSA) is 28.2 Å². The third-order valence-corrected chi connectivity index (χ3v) is 2.46. The lowest BCUT2D eigenvalue weighted by molar-refractivity contribution is 0.263. The van der Waals surface area contributed by atoms with E-state index in [-0.39, 0.29) is 0 Å². The van der Waals surface area contributed by atoms with Crippen LogP contribution in [-0.2, 0) is 6.54 Å². The fraction of sp³-hybridized carbons (Fsp3) is 0.583. The van der Waals surface area contributed by atoms with E-state index < -0.39 is 0 Å². The highest BCUT2D eigenvalue weighted by Crippen LogP contribution is 2.07. The smallest absolute Gasteiger partial charge is 0.126 e. The highest BCUT2D eigenvalue weighted by atomic mass is 15.1. The predicted octanol–water partition coefficient (Wildman–Crippen LogP) is 2.35. The summed E-state index contributed by atoms with van der Waals surface area (Å²) in [4.78, 5) is 6.81. The molecule has 0 aliphatic rings. The van der Waals surface area contributed by atoms with Gasteiger partial charge in [0.1, 0.15) is 5.82 Å². The van der Waals surface area contributed by atoms with E-state index in [9.17, 15) is 0 Å². The molecule has 84 valence electrons. The van der Waals surface area contributed by atoms with Crippen LogP contribution in [0, 0.1) is 0 Å². The number of hydrogen-bond donors (Lipinski definition) is 1. The Kier molecular flexibility index (Phi) is 4.56. The first-order valence-corrected chi connectivity index (χ1v) is 5.53. The van der Waals surface area contributed by atoms with E-state index >= 15 is 0 Å². The standard InChI is InChI=1S/C12H21N3/c1-5-13-12-8-6-7-11(14-12)9-15(4)10(2)3/h6-8,10H,5,9H2,1-4H3,(H,13,14). The Bertz CT molecular complexity index is 297. The summed E-state index contributed by atoms with van der Waals surface area (Å²) in [5.74, 6) is 0.965. The first kappa shape index (κ1) is 12.0. The molecule has 0 saturated carbocycles. The molecule has 0 spiro atoms. The van der Waals surface area contributed by atoms with E-state index in [2.05, 4.69) is 55.2 Å². The number of pyridine rings is 1. The van der Waals surface area contributed by atoms with Crippen molar-refractivity contribution in [3.05, 3.63) is 23.9 Å². The van der Waals surface area contributed by atoms with Gasteiger partial charge in [0.25, 0.3) is 0 Å². The van der Waals surface area contributed by atoms with Crippen molar-refractivity contribution in [3.8, 4) is 0 Å². The minimum atomic E-state index is 0.551. The van der Waals surface area contributed by atoms with Gasteiger partial charge in [-0.25, -0.2) is 4.98 Å². The van der Waals surface area contributed by atoms with Gasteiger partial charge in [-0.2, -0.15) is 0 Å². The summed E-state index contributed by atoms with van der Waals surface area (Å²) in [6, 6.07) is 6.67. The molecule has 1 N–H and O–H groups in total.